The molecule has 0 spiro atoms. The summed E-state index contributed by atoms with van der Waals surface area (Å²) in [7, 11) is 0. The number of hydrogen-bond acceptors (Lipinski definition) is 2. The number of piperazine rings is 1. The van der Waals surface area contributed by atoms with Crippen LogP contribution >= 0.6 is 0 Å². The van der Waals surface area contributed by atoms with Crippen LogP contribution in [0.1, 0.15) is 17.2 Å². The lowest BCUT2D eigenvalue weighted by Crippen LogP contribution is -3.16. The third-order valence-electron chi connectivity index (χ3n) is 5.73. The molecule has 1 saturated heterocycles. The number of hydrogen-bond donors (Lipinski definition) is 2. The van der Waals surface area contributed by atoms with Crippen molar-refractivity contribution in [3.8, 4) is 0 Å². The molecule has 1 atom stereocenters. The number of aromatic amines is 1. The van der Waals surface area contributed by atoms with E-state index in [0.717, 1.165) is 44.0 Å². The molecule has 0 saturated carbocycles. The number of aromatic nitrogens is 1. The SMILES string of the molecule is O=C(C[NH+]1CCN(c2cccc[nH+]2)CC1)N[C@H](Cc1ccccc1)c1ccccc1. The molecule has 1 aliphatic heterocycles. The lowest BCUT2D eigenvalue weighted by Gasteiger charge is -2.28. The molecule has 0 aliphatic carbocycles. The molecule has 5 nitrogen and oxygen atoms in total. The van der Waals surface area contributed by atoms with Gasteiger partial charge in [0.1, 0.15) is 26.2 Å². The zero-order valence-electron chi connectivity index (χ0n) is 17.3. The van der Waals surface area contributed by atoms with Crippen molar-refractivity contribution in [1.82, 2.24) is 5.32 Å². The van der Waals surface area contributed by atoms with Gasteiger partial charge in [-0.2, -0.15) is 0 Å². The quantitative estimate of drug-likeness (QED) is 0.626. The minimum Gasteiger partial charge on any atom is -0.344 e. The molecule has 154 valence electrons. The number of anilines is 1. The number of pyridine rings is 1. The Labute approximate surface area is 178 Å². The fraction of sp³-hybridized carbons (Fsp3) is 0.280. The van der Waals surface area contributed by atoms with Gasteiger partial charge in [0.25, 0.3) is 11.7 Å². The van der Waals surface area contributed by atoms with Crippen LogP contribution in [0.2, 0.25) is 0 Å². The molecule has 3 aromatic rings. The van der Waals surface area contributed by atoms with Gasteiger partial charge < -0.3 is 10.2 Å². The lowest BCUT2D eigenvalue weighted by molar-refractivity contribution is -0.892. The molecule has 1 aliphatic rings. The van der Waals surface area contributed by atoms with Gasteiger partial charge in [-0.1, -0.05) is 66.7 Å². The second kappa shape index (κ2) is 10.0. The molecule has 2 aromatic carbocycles. The smallest absolute Gasteiger partial charge is 0.275 e. The van der Waals surface area contributed by atoms with E-state index < -0.39 is 0 Å². The first kappa shape index (κ1) is 20.1. The molecular weight excluding hydrogens is 372 g/mol. The Morgan fingerprint density at radius 2 is 1.60 bits per heavy atom. The fourth-order valence-electron chi connectivity index (χ4n) is 4.08. The minimum atomic E-state index is -0.0132. The van der Waals surface area contributed by atoms with Crippen LogP contribution < -0.4 is 20.1 Å². The van der Waals surface area contributed by atoms with Crippen LogP contribution in [0.15, 0.2) is 85.1 Å². The van der Waals surface area contributed by atoms with Gasteiger partial charge in [-0.05, 0) is 23.6 Å². The third-order valence-corrected chi connectivity index (χ3v) is 5.73. The van der Waals surface area contributed by atoms with E-state index in [1.165, 1.54) is 10.5 Å². The number of H-pyrrole nitrogens is 1. The van der Waals surface area contributed by atoms with Crippen LogP contribution in [0.3, 0.4) is 0 Å². The number of benzene rings is 2. The van der Waals surface area contributed by atoms with Gasteiger partial charge in [0.05, 0.1) is 12.2 Å². The maximum Gasteiger partial charge on any atom is 0.275 e. The summed E-state index contributed by atoms with van der Waals surface area (Å²) in [5.74, 6) is 1.27. The van der Waals surface area contributed by atoms with Crippen molar-refractivity contribution < 1.29 is 14.7 Å². The molecule has 0 radical (unpaired) electrons. The summed E-state index contributed by atoms with van der Waals surface area (Å²) in [6.07, 6.45) is 2.75. The molecule has 0 unspecified atom stereocenters. The Kier molecular flexibility index (Phi) is 6.72. The lowest BCUT2D eigenvalue weighted by atomic mass is 9.99. The average molecular weight is 403 g/mol. The highest BCUT2D eigenvalue weighted by Crippen LogP contribution is 2.18. The molecule has 4 rings (SSSR count). The number of quaternary nitrogens is 1. The Morgan fingerprint density at radius 3 is 2.27 bits per heavy atom. The van der Waals surface area contributed by atoms with Gasteiger partial charge in [-0.15, -0.1) is 0 Å². The zero-order chi connectivity index (χ0) is 20.6. The van der Waals surface area contributed by atoms with Crippen LogP contribution in [0.25, 0.3) is 0 Å². The molecule has 1 fully saturated rings. The normalized spacial score (nSPS) is 15.5. The standard InChI is InChI=1S/C25H28N4O/c30-25(20-28-15-17-29(18-16-28)24-13-7-8-14-26-24)27-23(22-11-5-2-6-12-22)19-21-9-3-1-4-10-21/h1-14,23H,15-20H2,(H,27,30)/p+2/t23-/m1/s1. The molecule has 30 heavy (non-hydrogen) atoms. The number of carbonyl (C=O) groups is 1. The first-order chi connectivity index (χ1) is 14.8. The van der Waals surface area contributed by atoms with Crippen LogP contribution in [0.4, 0.5) is 5.82 Å². The van der Waals surface area contributed by atoms with Gasteiger partial charge in [0.2, 0.25) is 0 Å². The number of nitrogens with one attached hydrogen (secondary N) is 3. The maximum absolute atomic E-state index is 12.9. The molecule has 0 bridgehead atoms. The van der Waals surface area contributed by atoms with Crippen molar-refractivity contribution >= 4 is 11.7 Å². The van der Waals surface area contributed by atoms with Crippen molar-refractivity contribution in [3.05, 3.63) is 96.2 Å². The monoisotopic (exact) mass is 402 g/mol. The van der Waals surface area contributed by atoms with Crippen molar-refractivity contribution in [3.63, 3.8) is 0 Å². The number of rotatable bonds is 7. The molecule has 1 amide bonds. The highest BCUT2D eigenvalue weighted by atomic mass is 16.2. The largest absolute Gasteiger partial charge is 0.344 e. The Morgan fingerprint density at radius 1 is 0.933 bits per heavy atom. The Balaban J connectivity index is 1.34. The van der Waals surface area contributed by atoms with Gasteiger partial charge in [0, 0.05) is 6.07 Å². The minimum absolute atomic E-state index is 0.0132. The van der Waals surface area contributed by atoms with Crippen molar-refractivity contribution in [1.29, 1.82) is 0 Å². The summed E-state index contributed by atoms with van der Waals surface area (Å²) in [5, 5.41) is 3.29. The molecule has 5 heteroatoms. The van der Waals surface area contributed by atoms with E-state index in [1.807, 2.05) is 48.7 Å². The second-order valence-electron chi connectivity index (χ2n) is 7.88. The first-order valence-corrected chi connectivity index (χ1v) is 10.7. The van der Waals surface area contributed by atoms with Crippen LogP contribution in [0.5, 0.6) is 0 Å². The summed E-state index contributed by atoms with van der Waals surface area (Å²) in [6, 6.07) is 26.8. The highest BCUT2D eigenvalue weighted by molar-refractivity contribution is 5.77. The Hall–Kier alpha value is -3.18. The topological polar surface area (TPSA) is 50.9 Å². The summed E-state index contributed by atoms with van der Waals surface area (Å²) < 4.78 is 0. The molecule has 1 aromatic heterocycles. The number of nitrogens with zero attached hydrogens (tertiary/aromatic N) is 1. The van der Waals surface area contributed by atoms with E-state index in [2.05, 4.69) is 51.6 Å². The van der Waals surface area contributed by atoms with Crippen molar-refractivity contribution in [2.24, 2.45) is 0 Å². The van der Waals surface area contributed by atoms with E-state index in [1.54, 1.807) is 0 Å². The van der Waals surface area contributed by atoms with Gasteiger partial charge >= 0.3 is 0 Å². The van der Waals surface area contributed by atoms with Gasteiger partial charge in [0.15, 0.2) is 6.54 Å². The molecule has 3 N–H and O–H groups in total. The van der Waals surface area contributed by atoms with Crippen LogP contribution in [-0.2, 0) is 11.2 Å². The predicted octanol–water partition coefficient (Wildman–Crippen LogP) is 1.31. The summed E-state index contributed by atoms with van der Waals surface area (Å²) in [5.41, 5.74) is 2.38. The van der Waals surface area contributed by atoms with Crippen molar-refractivity contribution in [2.75, 3.05) is 37.6 Å². The van der Waals surface area contributed by atoms with E-state index >= 15 is 0 Å². The first-order valence-electron chi connectivity index (χ1n) is 10.7. The van der Waals surface area contributed by atoms with Gasteiger partial charge in [-0.25, -0.2) is 4.98 Å². The second-order valence-corrected chi connectivity index (χ2v) is 7.88. The summed E-state index contributed by atoms with van der Waals surface area (Å²) in [6.45, 7) is 4.35. The molecule has 2 heterocycles. The van der Waals surface area contributed by atoms with Crippen LogP contribution in [0, 0.1) is 0 Å². The van der Waals surface area contributed by atoms with E-state index in [-0.39, 0.29) is 11.9 Å². The van der Waals surface area contributed by atoms with Gasteiger partial charge in [-0.3, -0.25) is 9.69 Å². The van der Waals surface area contributed by atoms with Crippen LogP contribution in [-0.4, -0.2) is 38.6 Å². The maximum atomic E-state index is 12.9. The zero-order valence-corrected chi connectivity index (χ0v) is 17.3. The number of carbonyl (C=O) groups excluding carboxylic acids is 1. The fourth-order valence-corrected chi connectivity index (χ4v) is 4.08. The van der Waals surface area contributed by atoms with E-state index in [9.17, 15) is 4.79 Å². The predicted molar refractivity (Wildman–Crippen MR) is 118 cm³/mol. The third kappa shape index (κ3) is 5.45. The Bertz CT molecular complexity index is 910. The van der Waals surface area contributed by atoms with Crippen molar-refractivity contribution in [2.45, 2.75) is 12.5 Å². The summed E-state index contributed by atoms with van der Waals surface area (Å²) in [4.78, 5) is 19.9. The highest BCUT2D eigenvalue weighted by Gasteiger charge is 2.28. The average Bonchev–Trinajstić information content (AvgIpc) is 2.81. The summed E-state index contributed by atoms with van der Waals surface area (Å²) >= 11 is 0. The molecular formula is C25H30N4O+2. The number of amides is 1. The van der Waals surface area contributed by atoms with E-state index in [0.29, 0.717) is 6.54 Å². The van der Waals surface area contributed by atoms with E-state index in [4.69, 9.17) is 0 Å².